The zero-order valence-electron chi connectivity index (χ0n) is 17.0. The van der Waals surface area contributed by atoms with Crippen molar-refractivity contribution in [3.05, 3.63) is 71.4 Å². The molecule has 4 aliphatic rings. The second kappa shape index (κ2) is 6.19. The molecule has 0 saturated carbocycles. The minimum Gasteiger partial charge on any atom is -0.389 e. The Hall–Kier alpha value is -2.15. The summed E-state index contributed by atoms with van der Waals surface area (Å²) in [4.78, 5) is 2.78. The van der Waals surface area contributed by atoms with Gasteiger partial charge in [0.25, 0.3) is 10.0 Å². The summed E-state index contributed by atoms with van der Waals surface area (Å²) in [6.07, 6.45) is 4.19. The summed E-state index contributed by atoms with van der Waals surface area (Å²) in [6, 6.07) is 15.1. The van der Waals surface area contributed by atoms with Crippen molar-refractivity contribution in [2.45, 2.75) is 48.6 Å². The van der Waals surface area contributed by atoms with Gasteiger partial charge >= 0.3 is 0 Å². The van der Waals surface area contributed by atoms with Gasteiger partial charge in [0.15, 0.2) is 0 Å². The molecule has 4 atom stereocenters. The number of aliphatic hydroxyl groups is 1. The van der Waals surface area contributed by atoms with Crippen molar-refractivity contribution in [2.24, 2.45) is 5.92 Å². The zero-order chi connectivity index (χ0) is 20.7. The first-order chi connectivity index (χ1) is 14.4. The van der Waals surface area contributed by atoms with Crippen LogP contribution in [0.25, 0.3) is 0 Å². The first kappa shape index (κ1) is 18.6. The Morgan fingerprint density at radius 3 is 2.63 bits per heavy atom. The molecular formula is C24H26N2O3S. The number of aryl methyl sites for hydroxylation is 1. The quantitative estimate of drug-likeness (QED) is 0.808. The van der Waals surface area contributed by atoms with Crippen LogP contribution in [-0.2, 0) is 15.4 Å². The molecule has 2 aromatic rings. The molecule has 2 fully saturated rings. The van der Waals surface area contributed by atoms with E-state index in [1.54, 1.807) is 12.1 Å². The second-order valence-corrected chi connectivity index (χ2v) is 10.9. The lowest BCUT2D eigenvalue weighted by molar-refractivity contribution is 0.0201. The molecule has 156 valence electrons. The Morgan fingerprint density at radius 2 is 1.83 bits per heavy atom. The third-order valence-corrected chi connectivity index (χ3v) is 9.43. The van der Waals surface area contributed by atoms with E-state index in [-0.39, 0.29) is 22.3 Å². The Bertz CT molecular complexity index is 1160. The van der Waals surface area contributed by atoms with E-state index in [0.717, 1.165) is 54.9 Å². The van der Waals surface area contributed by atoms with Crippen LogP contribution in [0.2, 0.25) is 0 Å². The van der Waals surface area contributed by atoms with Crippen molar-refractivity contribution in [1.82, 2.24) is 4.90 Å². The molecule has 1 N–H and O–H groups in total. The van der Waals surface area contributed by atoms with E-state index in [2.05, 4.69) is 11.0 Å². The van der Waals surface area contributed by atoms with Gasteiger partial charge in [-0.05, 0) is 69.1 Å². The Labute approximate surface area is 177 Å². The van der Waals surface area contributed by atoms with E-state index in [0.29, 0.717) is 0 Å². The van der Waals surface area contributed by atoms with Crippen molar-refractivity contribution >= 4 is 15.7 Å². The average molecular weight is 423 g/mol. The molecule has 3 heterocycles. The summed E-state index contributed by atoms with van der Waals surface area (Å²) in [7, 11) is -3.79. The molecule has 1 aliphatic carbocycles. The van der Waals surface area contributed by atoms with Gasteiger partial charge < -0.3 is 5.11 Å². The number of para-hydroxylation sites is 1. The molecule has 30 heavy (non-hydrogen) atoms. The number of nitrogens with zero attached hydrogens (tertiary/aromatic N) is 2. The number of fused-ring (bicyclic) bond motifs is 1. The van der Waals surface area contributed by atoms with Crippen LogP contribution in [0.1, 0.15) is 30.4 Å². The van der Waals surface area contributed by atoms with E-state index in [1.165, 1.54) is 4.31 Å². The van der Waals surface area contributed by atoms with E-state index >= 15 is 0 Å². The predicted octanol–water partition coefficient (Wildman–Crippen LogP) is 3.18. The van der Waals surface area contributed by atoms with Gasteiger partial charge in [-0.3, -0.25) is 4.90 Å². The highest BCUT2D eigenvalue weighted by atomic mass is 32.2. The van der Waals surface area contributed by atoms with Crippen LogP contribution in [0.3, 0.4) is 0 Å². The highest BCUT2D eigenvalue weighted by molar-refractivity contribution is 7.93. The van der Waals surface area contributed by atoms with Gasteiger partial charge in [-0.1, -0.05) is 35.9 Å². The topological polar surface area (TPSA) is 60.9 Å². The van der Waals surface area contributed by atoms with Gasteiger partial charge in [0.1, 0.15) is 0 Å². The van der Waals surface area contributed by atoms with Crippen molar-refractivity contribution in [3.63, 3.8) is 0 Å². The van der Waals surface area contributed by atoms with Crippen molar-refractivity contribution in [1.29, 1.82) is 0 Å². The van der Waals surface area contributed by atoms with Crippen LogP contribution >= 0.6 is 0 Å². The fourth-order valence-electron chi connectivity index (χ4n) is 6.48. The molecule has 6 rings (SSSR count). The lowest BCUT2D eigenvalue weighted by Gasteiger charge is -2.49. The number of rotatable bonds is 2. The smallest absolute Gasteiger partial charge is 0.268 e. The van der Waals surface area contributed by atoms with Gasteiger partial charge in [0, 0.05) is 17.7 Å². The van der Waals surface area contributed by atoms with Gasteiger partial charge in [-0.25, -0.2) is 12.7 Å². The maximum atomic E-state index is 13.9. The summed E-state index contributed by atoms with van der Waals surface area (Å²) < 4.78 is 29.3. The maximum absolute atomic E-state index is 13.9. The molecule has 2 saturated heterocycles. The largest absolute Gasteiger partial charge is 0.389 e. The van der Waals surface area contributed by atoms with Gasteiger partial charge in [0.2, 0.25) is 0 Å². The van der Waals surface area contributed by atoms with Crippen LogP contribution in [-0.4, -0.2) is 43.7 Å². The third-order valence-electron chi connectivity index (χ3n) is 7.69. The minimum absolute atomic E-state index is 0.153. The van der Waals surface area contributed by atoms with Crippen LogP contribution in [0.5, 0.6) is 0 Å². The van der Waals surface area contributed by atoms with Crippen LogP contribution in [0.4, 0.5) is 5.69 Å². The van der Waals surface area contributed by atoms with Gasteiger partial charge in [-0.15, -0.1) is 0 Å². The lowest BCUT2D eigenvalue weighted by Crippen LogP contribution is -2.57. The van der Waals surface area contributed by atoms with Crippen LogP contribution in [0.15, 0.2) is 65.2 Å². The molecule has 0 unspecified atom stereocenters. The Kier molecular flexibility index (Phi) is 3.84. The lowest BCUT2D eigenvalue weighted by atomic mass is 9.63. The predicted molar refractivity (Wildman–Crippen MR) is 116 cm³/mol. The van der Waals surface area contributed by atoms with E-state index < -0.39 is 16.1 Å². The van der Waals surface area contributed by atoms with E-state index in [9.17, 15) is 13.5 Å². The molecule has 0 bridgehead atoms. The maximum Gasteiger partial charge on any atom is 0.268 e. The SMILES string of the molecule is Cc1ccc(S(=O)(=O)N2C3=C[C@@H](O)[C@@H]4CCCN5CC[C@@]3(c3ccccc32)[C@H]45)cc1. The fraction of sp³-hybridized carbons (Fsp3) is 0.417. The number of aliphatic hydroxyl groups excluding tert-OH is 1. The molecule has 2 aromatic carbocycles. The van der Waals surface area contributed by atoms with Crippen LogP contribution < -0.4 is 4.31 Å². The number of hydrogen-bond acceptors (Lipinski definition) is 4. The molecular weight excluding hydrogens is 396 g/mol. The summed E-state index contributed by atoms with van der Waals surface area (Å²) in [5, 5.41) is 11.1. The standard InChI is InChI=1S/C24H26N2O3S/c1-16-8-10-17(11-9-16)30(28,29)26-20-7-3-2-6-19(20)24-12-14-25-13-4-5-18(23(24)25)21(27)15-22(24)26/h2-3,6-11,15,18,21,23,27H,4-5,12-14H2,1H3/t18-,21+,23-,24-/m0/s1. The second-order valence-electron chi connectivity index (χ2n) is 9.15. The molecule has 6 heteroatoms. The first-order valence-electron chi connectivity index (χ1n) is 10.8. The molecule has 0 radical (unpaired) electrons. The summed E-state index contributed by atoms with van der Waals surface area (Å²) >= 11 is 0. The van der Waals surface area contributed by atoms with Crippen molar-refractivity contribution in [2.75, 3.05) is 17.4 Å². The highest BCUT2D eigenvalue weighted by Crippen LogP contribution is 2.62. The van der Waals surface area contributed by atoms with E-state index in [1.807, 2.05) is 43.3 Å². The zero-order valence-corrected chi connectivity index (χ0v) is 17.8. The van der Waals surface area contributed by atoms with E-state index in [4.69, 9.17) is 0 Å². The molecule has 1 spiro atoms. The van der Waals surface area contributed by atoms with Gasteiger partial charge in [-0.2, -0.15) is 0 Å². The molecule has 0 aromatic heterocycles. The Morgan fingerprint density at radius 1 is 1.07 bits per heavy atom. The monoisotopic (exact) mass is 422 g/mol. The third kappa shape index (κ3) is 2.22. The Balaban J connectivity index is 1.61. The molecule has 0 amide bonds. The summed E-state index contributed by atoms with van der Waals surface area (Å²) in [5.41, 5.74) is 3.25. The van der Waals surface area contributed by atoms with Gasteiger partial charge in [0.05, 0.1) is 22.1 Å². The number of piperidine rings is 1. The highest BCUT2D eigenvalue weighted by Gasteiger charge is 2.64. The fourth-order valence-corrected chi connectivity index (χ4v) is 8.07. The number of benzene rings is 2. The van der Waals surface area contributed by atoms with Crippen molar-refractivity contribution in [3.8, 4) is 0 Å². The summed E-state index contributed by atoms with van der Waals surface area (Å²) in [5.74, 6) is 0.153. The van der Waals surface area contributed by atoms with Crippen LogP contribution in [0, 0.1) is 12.8 Å². The number of anilines is 1. The first-order valence-corrected chi connectivity index (χ1v) is 12.2. The molecule has 3 aliphatic heterocycles. The normalized spacial score (nSPS) is 32.4. The van der Waals surface area contributed by atoms with Crippen molar-refractivity contribution < 1.29 is 13.5 Å². The average Bonchev–Trinajstić information content (AvgIpc) is 3.27. The minimum atomic E-state index is -3.79. The number of sulfonamides is 1. The number of hydrogen-bond donors (Lipinski definition) is 1. The molecule has 5 nitrogen and oxygen atoms in total. The summed E-state index contributed by atoms with van der Waals surface area (Å²) in [6.45, 7) is 3.92.